The molecule has 0 radical (unpaired) electrons. The number of pyridine rings is 1. The van der Waals surface area contributed by atoms with Gasteiger partial charge in [0.15, 0.2) is 17.4 Å². The number of nitrogens with zero attached hydrogens (tertiary/aromatic N) is 5. The lowest BCUT2D eigenvalue weighted by Crippen LogP contribution is -2.38. The van der Waals surface area contributed by atoms with Crippen LogP contribution in [0.5, 0.6) is 5.75 Å². The Kier molecular flexibility index (Phi) is 8.05. The Hall–Kier alpha value is -3.55. The lowest BCUT2D eigenvalue weighted by Gasteiger charge is -2.34. The van der Waals surface area contributed by atoms with Crippen molar-refractivity contribution in [1.29, 1.82) is 5.26 Å². The summed E-state index contributed by atoms with van der Waals surface area (Å²) in [5.74, 6) is -0.350. The molecule has 0 unspecified atom stereocenters. The van der Waals surface area contributed by atoms with Crippen molar-refractivity contribution in [3.8, 4) is 23.1 Å². The van der Waals surface area contributed by atoms with Crippen LogP contribution in [0.4, 0.5) is 26.2 Å². The molecule has 37 heavy (non-hydrogen) atoms. The number of nitrogens with one attached hydrogen (secondary N) is 2. The zero-order chi connectivity index (χ0) is 25.2. The molecule has 0 bridgehead atoms. The number of hydrogen-bond donors (Lipinski definition) is 2. The molecule has 0 aliphatic carbocycles. The Morgan fingerprint density at radius 2 is 1.95 bits per heavy atom. The van der Waals surface area contributed by atoms with Crippen molar-refractivity contribution in [3.05, 3.63) is 53.4 Å². The highest BCUT2D eigenvalue weighted by molar-refractivity contribution is 5.85. The fraction of sp³-hybridized carbons (Fsp3) is 0.385. The minimum Gasteiger partial charge on any atom is -0.486 e. The summed E-state index contributed by atoms with van der Waals surface area (Å²) >= 11 is 0. The number of benzene rings is 1. The van der Waals surface area contributed by atoms with Crippen molar-refractivity contribution in [2.45, 2.75) is 38.6 Å². The molecule has 1 aromatic carbocycles. The highest BCUT2D eigenvalue weighted by atomic mass is 35.5. The van der Waals surface area contributed by atoms with Crippen LogP contribution in [-0.4, -0.2) is 47.2 Å². The van der Waals surface area contributed by atoms with E-state index < -0.39 is 11.6 Å². The van der Waals surface area contributed by atoms with E-state index in [-0.39, 0.29) is 47.3 Å². The number of anilines is 3. The van der Waals surface area contributed by atoms with E-state index in [4.69, 9.17) is 4.74 Å². The summed E-state index contributed by atoms with van der Waals surface area (Å²) in [6.07, 6.45) is 2.93. The largest absolute Gasteiger partial charge is 0.486 e. The molecule has 0 atom stereocenters. The van der Waals surface area contributed by atoms with Gasteiger partial charge in [0.25, 0.3) is 0 Å². The van der Waals surface area contributed by atoms with Crippen LogP contribution >= 0.6 is 12.4 Å². The minimum atomic E-state index is -0.681. The van der Waals surface area contributed by atoms with E-state index in [0.29, 0.717) is 30.4 Å². The highest BCUT2D eigenvalue weighted by Crippen LogP contribution is 2.39. The molecule has 4 heterocycles. The Morgan fingerprint density at radius 1 is 1.16 bits per heavy atom. The fourth-order valence-corrected chi connectivity index (χ4v) is 4.81. The number of hydrogen-bond acceptors (Lipinski definition) is 8. The van der Waals surface area contributed by atoms with E-state index >= 15 is 0 Å². The summed E-state index contributed by atoms with van der Waals surface area (Å²) in [7, 11) is 0. The van der Waals surface area contributed by atoms with Crippen molar-refractivity contribution in [2.75, 3.05) is 36.5 Å². The molecule has 2 aliphatic heterocycles. The van der Waals surface area contributed by atoms with Gasteiger partial charge in [-0.05, 0) is 69.5 Å². The van der Waals surface area contributed by atoms with E-state index in [1.54, 1.807) is 12.1 Å². The van der Waals surface area contributed by atoms with Gasteiger partial charge in [-0.25, -0.2) is 23.7 Å². The lowest BCUT2D eigenvalue weighted by atomic mass is 9.89. The fourth-order valence-electron chi connectivity index (χ4n) is 4.81. The first-order valence-electron chi connectivity index (χ1n) is 12.1. The monoisotopic (exact) mass is 527 g/mol. The predicted molar refractivity (Wildman–Crippen MR) is 140 cm³/mol. The lowest BCUT2D eigenvalue weighted by molar-refractivity contribution is 0.287. The van der Waals surface area contributed by atoms with Gasteiger partial charge in [0.2, 0.25) is 5.95 Å². The van der Waals surface area contributed by atoms with Crippen LogP contribution in [0, 0.1) is 23.0 Å². The molecule has 8 nitrogen and oxygen atoms in total. The van der Waals surface area contributed by atoms with Gasteiger partial charge in [-0.3, -0.25) is 0 Å². The van der Waals surface area contributed by atoms with Crippen molar-refractivity contribution in [3.63, 3.8) is 0 Å². The molecule has 0 saturated carbocycles. The topological polar surface area (TPSA) is 99.0 Å². The SMILES string of the molecule is CC(C)N1CCOc2c(F)cc(-c3nc(Nc4ccc(C5CCNCC5)c(C#N)n4)ncc3F)cc21.Cl. The standard InChI is InChI=1S/C26H27F2N7O.ClH/c1-15(2)35-9-10-36-25-19(27)11-17(12-22(25)35)24-20(28)14-31-26(34-24)33-23-4-3-18(21(13-29)32-23)16-5-7-30-8-6-16;/h3-4,11-12,14-16,30H,5-10H2,1-2H3,(H,31,32,33,34);1H. The maximum atomic E-state index is 14.9. The smallest absolute Gasteiger partial charge is 0.229 e. The number of piperidine rings is 1. The van der Waals surface area contributed by atoms with Crippen LogP contribution in [0.1, 0.15) is 43.9 Å². The first-order chi connectivity index (χ1) is 17.4. The van der Waals surface area contributed by atoms with Crippen LogP contribution in [0.3, 0.4) is 0 Å². The summed E-state index contributed by atoms with van der Waals surface area (Å²) in [4.78, 5) is 14.8. The van der Waals surface area contributed by atoms with E-state index in [0.717, 1.165) is 37.7 Å². The van der Waals surface area contributed by atoms with Crippen LogP contribution in [0.15, 0.2) is 30.5 Å². The first-order valence-corrected chi connectivity index (χ1v) is 12.1. The van der Waals surface area contributed by atoms with Gasteiger partial charge >= 0.3 is 0 Å². The van der Waals surface area contributed by atoms with Gasteiger partial charge in [0.05, 0.1) is 18.4 Å². The van der Waals surface area contributed by atoms with Crippen LogP contribution in [0.2, 0.25) is 0 Å². The number of halogens is 3. The third kappa shape index (κ3) is 5.43. The second-order valence-corrected chi connectivity index (χ2v) is 9.23. The van der Waals surface area contributed by atoms with Gasteiger partial charge in [-0.15, -0.1) is 12.4 Å². The van der Waals surface area contributed by atoms with Crippen LogP contribution < -0.4 is 20.3 Å². The number of rotatable bonds is 5. The van der Waals surface area contributed by atoms with Gasteiger partial charge in [-0.2, -0.15) is 5.26 Å². The zero-order valence-corrected chi connectivity index (χ0v) is 21.4. The normalized spacial score (nSPS) is 15.4. The molecule has 11 heteroatoms. The molecule has 0 amide bonds. The Labute approximate surface area is 220 Å². The van der Waals surface area contributed by atoms with E-state index in [1.165, 1.54) is 6.07 Å². The molecule has 2 N–H and O–H groups in total. The van der Waals surface area contributed by atoms with Crippen molar-refractivity contribution < 1.29 is 13.5 Å². The predicted octanol–water partition coefficient (Wildman–Crippen LogP) is 4.93. The van der Waals surface area contributed by atoms with E-state index in [2.05, 4.69) is 31.7 Å². The molecule has 194 valence electrons. The molecule has 0 spiro atoms. The van der Waals surface area contributed by atoms with Crippen LogP contribution in [-0.2, 0) is 0 Å². The van der Waals surface area contributed by atoms with Crippen molar-refractivity contribution in [1.82, 2.24) is 20.3 Å². The van der Waals surface area contributed by atoms with Gasteiger partial charge < -0.3 is 20.3 Å². The molecule has 2 aliphatic rings. The Balaban J connectivity index is 0.00000320. The second-order valence-electron chi connectivity index (χ2n) is 9.23. The number of aromatic nitrogens is 3. The molecule has 3 aromatic rings. The summed E-state index contributed by atoms with van der Waals surface area (Å²) in [5, 5.41) is 15.9. The number of nitriles is 1. The van der Waals surface area contributed by atoms with E-state index in [9.17, 15) is 14.0 Å². The van der Waals surface area contributed by atoms with E-state index in [1.807, 2.05) is 24.8 Å². The average Bonchev–Trinajstić information content (AvgIpc) is 2.89. The molecular formula is C26H28ClF2N7O. The third-order valence-electron chi connectivity index (χ3n) is 6.60. The molecule has 1 fully saturated rings. The summed E-state index contributed by atoms with van der Waals surface area (Å²) in [6.45, 7) is 6.81. The molecular weight excluding hydrogens is 500 g/mol. The highest BCUT2D eigenvalue weighted by Gasteiger charge is 2.26. The summed E-state index contributed by atoms with van der Waals surface area (Å²) in [6, 6.07) is 8.87. The number of fused-ring (bicyclic) bond motifs is 1. The third-order valence-corrected chi connectivity index (χ3v) is 6.60. The zero-order valence-electron chi connectivity index (χ0n) is 20.6. The minimum absolute atomic E-state index is 0. The first kappa shape index (κ1) is 26.5. The van der Waals surface area contributed by atoms with Crippen molar-refractivity contribution >= 4 is 29.9 Å². The van der Waals surface area contributed by atoms with Crippen LogP contribution in [0.25, 0.3) is 11.3 Å². The molecule has 1 saturated heterocycles. The van der Waals surface area contributed by atoms with Gasteiger partial charge in [-0.1, -0.05) is 6.07 Å². The maximum absolute atomic E-state index is 14.9. The van der Waals surface area contributed by atoms with Crippen molar-refractivity contribution in [2.24, 2.45) is 0 Å². The average molecular weight is 528 g/mol. The second kappa shape index (κ2) is 11.2. The Morgan fingerprint density at radius 3 is 2.68 bits per heavy atom. The molecule has 5 rings (SSSR count). The number of ether oxygens (including phenoxy) is 1. The summed E-state index contributed by atoms with van der Waals surface area (Å²) < 4.78 is 35.3. The quantitative estimate of drug-likeness (QED) is 0.482. The Bertz CT molecular complexity index is 1330. The van der Waals surface area contributed by atoms with Gasteiger partial charge in [0.1, 0.15) is 29.9 Å². The maximum Gasteiger partial charge on any atom is 0.229 e. The molecule has 2 aromatic heterocycles. The van der Waals surface area contributed by atoms with Gasteiger partial charge in [0, 0.05) is 11.6 Å². The summed E-state index contributed by atoms with van der Waals surface area (Å²) in [5.41, 5.74) is 2.06.